The summed E-state index contributed by atoms with van der Waals surface area (Å²) in [5, 5.41) is 6.12. The first-order valence-electron chi connectivity index (χ1n) is 8.83. The molecule has 4 rings (SSSR count). The summed E-state index contributed by atoms with van der Waals surface area (Å²) >= 11 is 0. The average Bonchev–Trinajstić information content (AvgIpc) is 3.38. The van der Waals surface area contributed by atoms with Gasteiger partial charge in [-0.15, -0.1) is 0 Å². The number of nitrogens with one attached hydrogen (secondary N) is 3. The van der Waals surface area contributed by atoms with E-state index in [0.717, 1.165) is 24.2 Å². The first-order valence-corrected chi connectivity index (χ1v) is 8.83. The minimum atomic E-state index is -0.218. The molecule has 2 heterocycles. The number of anilines is 2. The number of rotatable bonds is 5. The van der Waals surface area contributed by atoms with E-state index in [-0.39, 0.29) is 11.7 Å². The highest BCUT2D eigenvalue weighted by Crippen LogP contribution is 2.23. The molecule has 0 atom stereocenters. The molecule has 1 aliphatic heterocycles. The second-order valence-corrected chi connectivity index (χ2v) is 6.41. The van der Waals surface area contributed by atoms with Gasteiger partial charge in [0.05, 0.1) is 0 Å². The minimum absolute atomic E-state index is 0.0781. The summed E-state index contributed by atoms with van der Waals surface area (Å²) in [6.07, 6.45) is 6.14. The number of hydrogen-bond acceptors (Lipinski definition) is 3. The van der Waals surface area contributed by atoms with Crippen molar-refractivity contribution in [3.05, 3.63) is 89.3 Å². The van der Waals surface area contributed by atoms with Crippen molar-refractivity contribution in [1.82, 2.24) is 4.98 Å². The molecular weight excluding hydrogens is 338 g/mol. The maximum absolute atomic E-state index is 12.4. The quantitative estimate of drug-likeness (QED) is 0.475. The van der Waals surface area contributed by atoms with E-state index in [1.54, 1.807) is 48.7 Å². The monoisotopic (exact) mass is 357 g/mol. The summed E-state index contributed by atoms with van der Waals surface area (Å²) in [7, 11) is 0. The van der Waals surface area contributed by atoms with Crippen molar-refractivity contribution in [2.45, 2.75) is 6.42 Å². The Kier molecular flexibility index (Phi) is 4.58. The van der Waals surface area contributed by atoms with Crippen molar-refractivity contribution in [3.63, 3.8) is 0 Å². The van der Waals surface area contributed by atoms with Gasteiger partial charge in [-0.05, 0) is 66.1 Å². The molecule has 134 valence electrons. The van der Waals surface area contributed by atoms with Crippen molar-refractivity contribution in [2.75, 3.05) is 17.2 Å². The van der Waals surface area contributed by atoms with Crippen molar-refractivity contribution < 1.29 is 9.59 Å². The number of fused-ring (bicyclic) bond motifs is 1. The van der Waals surface area contributed by atoms with Gasteiger partial charge in [-0.25, -0.2) is 0 Å². The molecule has 0 unspecified atom stereocenters. The van der Waals surface area contributed by atoms with Crippen molar-refractivity contribution in [2.24, 2.45) is 0 Å². The largest absolute Gasteiger partial charge is 0.384 e. The first kappa shape index (κ1) is 16.8. The van der Waals surface area contributed by atoms with Gasteiger partial charge in [-0.1, -0.05) is 18.2 Å². The lowest BCUT2D eigenvalue weighted by molar-refractivity contribution is 0.102. The normalized spacial score (nSPS) is 12.6. The van der Waals surface area contributed by atoms with Gasteiger partial charge in [-0.2, -0.15) is 0 Å². The van der Waals surface area contributed by atoms with Crippen LogP contribution in [0.2, 0.25) is 0 Å². The molecule has 0 saturated carbocycles. The number of carbonyl (C=O) groups is 2. The third kappa shape index (κ3) is 3.82. The van der Waals surface area contributed by atoms with Gasteiger partial charge in [0.1, 0.15) is 5.69 Å². The van der Waals surface area contributed by atoms with E-state index in [0.29, 0.717) is 16.9 Å². The van der Waals surface area contributed by atoms with Gasteiger partial charge in [-0.3, -0.25) is 9.59 Å². The van der Waals surface area contributed by atoms with E-state index in [4.69, 9.17) is 0 Å². The van der Waals surface area contributed by atoms with Crippen LogP contribution in [0.5, 0.6) is 0 Å². The van der Waals surface area contributed by atoms with Crippen LogP contribution >= 0.6 is 0 Å². The van der Waals surface area contributed by atoms with Crippen LogP contribution in [0, 0.1) is 0 Å². The van der Waals surface area contributed by atoms with E-state index in [9.17, 15) is 9.59 Å². The number of benzene rings is 2. The van der Waals surface area contributed by atoms with Crippen molar-refractivity contribution in [1.29, 1.82) is 0 Å². The zero-order valence-corrected chi connectivity index (χ0v) is 14.7. The Morgan fingerprint density at radius 2 is 1.89 bits per heavy atom. The van der Waals surface area contributed by atoms with E-state index in [1.165, 1.54) is 5.56 Å². The van der Waals surface area contributed by atoms with Gasteiger partial charge in [0.25, 0.3) is 5.91 Å². The highest BCUT2D eigenvalue weighted by atomic mass is 16.2. The number of aromatic amines is 1. The lowest BCUT2D eigenvalue weighted by atomic mass is 10.1. The fourth-order valence-electron chi connectivity index (χ4n) is 3.07. The Morgan fingerprint density at radius 3 is 2.67 bits per heavy atom. The fourth-order valence-corrected chi connectivity index (χ4v) is 3.07. The van der Waals surface area contributed by atoms with Gasteiger partial charge >= 0.3 is 0 Å². The van der Waals surface area contributed by atoms with E-state index < -0.39 is 0 Å². The standard InChI is InChI=1S/C22H19N3O2/c26-21(10-4-15-3-5-16-11-13-24-20(16)14-15)17-6-8-18(9-7-17)25-22(27)19-2-1-12-23-19/h1-10,12,14,23-24H,11,13H2,(H,25,27)/b10-4+. The predicted octanol–water partition coefficient (Wildman–Crippen LogP) is 4.13. The molecule has 0 fully saturated rings. The second-order valence-electron chi connectivity index (χ2n) is 6.41. The molecule has 0 saturated heterocycles. The number of ketones is 1. The molecule has 0 bridgehead atoms. The van der Waals surface area contributed by atoms with Gasteiger partial charge in [0.15, 0.2) is 5.78 Å². The van der Waals surface area contributed by atoms with Gasteiger partial charge in [0, 0.05) is 29.7 Å². The second kappa shape index (κ2) is 7.33. The van der Waals surface area contributed by atoms with E-state index >= 15 is 0 Å². The Bertz CT molecular complexity index is 1000. The molecule has 5 heteroatoms. The van der Waals surface area contributed by atoms with Crippen LogP contribution in [0.15, 0.2) is 66.9 Å². The summed E-state index contributed by atoms with van der Waals surface area (Å²) in [4.78, 5) is 27.2. The van der Waals surface area contributed by atoms with Crippen molar-refractivity contribution in [3.8, 4) is 0 Å². The van der Waals surface area contributed by atoms with Crippen LogP contribution in [-0.4, -0.2) is 23.2 Å². The first-order chi connectivity index (χ1) is 13.2. The lowest BCUT2D eigenvalue weighted by Gasteiger charge is -2.04. The van der Waals surface area contributed by atoms with Crippen molar-refractivity contribution >= 4 is 29.1 Å². The van der Waals surface area contributed by atoms with Gasteiger partial charge in [0.2, 0.25) is 0 Å². The number of aromatic nitrogens is 1. The van der Waals surface area contributed by atoms with E-state index in [2.05, 4.69) is 27.8 Å². The van der Waals surface area contributed by atoms with Crippen LogP contribution in [0.25, 0.3) is 6.08 Å². The molecule has 0 spiro atoms. The van der Waals surface area contributed by atoms with Crippen LogP contribution in [-0.2, 0) is 6.42 Å². The van der Waals surface area contributed by atoms with Crippen LogP contribution in [0.4, 0.5) is 11.4 Å². The molecule has 3 N–H and O–H groups in total. The molecule has 1 amide bonds. The molecular formula is C22H19N3O2. The zero-order valence-electron chi connectivity index (χ0n) is 14.7. The topological polar surface area (TPSA) is 74.0 Å². The molecule has 27 heavy (non-hydrogen) atoms. The zero-order chi connectivity index (χ0) is 18.6. The number of hydrogen-bond donors (Lipinski definition) is 3. The summed E-state index contributed by atoms with van der Waals surface area (Å²) in [5.74, 6) is -0.296. The number of H-pyrrole nitrogens is 1. The molecule has 2 aromatic carbocycles. The fraction of sp³-hybridized carbons (Fsp3) is 0.0909. The summed E-state index contributed by atoms with van der Waals surface area (Å²) in [5.41, 5.74) is 5.15. The SMILES string of the molecule is O=C(/C=C/c1ccc2c(c1)NCC2)c1ccc(NC(=O)c2ccc[nH]2)cc1. The van der Waals surface area contributed by atoms with Gasteiger partial charge < -0.3 is 15.6 Å². The Balaban J connectivity index is 1.41. The molecule has 1 aliphatic rings. The van der Waals surface area contributed by atoms with Crippen LogP contribution in [0.3, 0.4) is 0 Å². The number of amides is 1. The number of allylic oxidation sites excluding steroid dienone is 1. The minimum Gasteiger partial charge on any atom is -0.384 e. The Morgan fingerprint density at radius 1 is 1.04 bits per heavy atom. The van der Waals surface area contributed by atoms with E-state index in [1.807, 2.05) is 12.1 Å². The summed E-state index contributed by atoms with van der Waals surface area (Å²) < 4.78 is 0. The molecule has 0 radical (unpaired) electrons. The maximum Gasteiger partial charge on any atom is 0.272 e. The Hall–Kier alpha value is -3.60. The molecule has 0 aliphatic carbocycles. The average molecular weight is 357 g/mol. The maximum atomic E-state index is 12.4. The Labute approximate surface area is 157 Å². The highest BCUT2D eigenvalue weighted by Gasteiger charge is 2.10. The lowest BCUT2D eigenvalue weighted by Crippen LogP contribution is -2.12. The third-order valence-corrected chi connectivity index (χ3v) is 4.54. The molecule has 3 aromatic rings. The smallest absolute Gasteiger partial charge is 0.272 e. The van der Waals surface area contributed by atoms with Crippen LogP contribution < -0.4 is 10.6 Å². The third-order valence-electron chi connectivity index (χ3n) is 4.54. The highest BCUT2D eigenvalue weighted by molar-refractivity contribution is 6.07. The van der Waals surface area contributed by atoms with Crippen LogP contribution in [0.1, 0.15) is 32.0 Å². The summed E-state index contributed by atoms with van der Waals surface area (Å²) in [6.45, 7) is 0.966. The summed E-state index contributed by atoms with van der Waals surface area (Å²) in [6, 6.07) is 16.5. The predicted molar refractivity (Wildman–Crippen MR) is 107 cm³/mol. The molecule has 1 aromatic heterocycles. The number of carbonyl (C=O) groups excluding carboxylic acids is 2. The molecule has 5 nitrogen and oxygen atoms in total.